The molecule has 0 spiro atoms. The van der Waals surface area contributed by atoms with Crippen molar-refractivity contribution in [1.29, 1.82) is 0 Å². The van der Waals surface area contributed by atoms with Gasteiger partial charge in [0, 0.05) is 0 Å². The zero-order valence-electron chi connectivity index (χ0n) is 9.51. The zero-order chi connectivity index (χ0) is 13.4. The van der Waals surface area contributed by atoms with Crippen molar-refractivity contribution < 1.29 is 19.5 Å². The Hall–Kier alpha value is -1.28. The first kappa shape index (κ1) is 15.7. The molecule has 0 aromatic carbocycles. The summed E-state index contributed by atoms with van der Waals surface area (Å²) in [5, 5.41) is 10.9. The standard InChI is InChI=1S/C9H17N3O4S/c1-17-3-2-5(10)8(14)12-6(9(15)16)4-7(11)13/h5-6H,2-4,10H2,1H3,(H2,11,13)(H,12,14)(H,15,16)/t5-,6-/m0/s1. The monoisotopic (exact) mass is 263 g/mol. The fraction of sp³-hybridized carbons (Fsp3) is 0.667. The average molecular weight is 263 g/mol. The maximum atomic E-state index is 11.5. The van der Waals surface area contributed by atoms with Gasteiger partial charge in [-0.05, 0) is 18.4 Å². The smallest absolute Gasteiger partial charge is 0.326 e. The first-order valence-electron chi connectivity index (χ1n) is 4.94. The number of carboxylic acid groups (broad SMARTS) is 1. The van der Waals surface area contributed by atoms with E-state index in [1.54, 1.807) is 0 Å². The Balaban J connectivity index is 4.29. The lowest BCUT2D eigenvalue weighted by Crippen LogP contribution is -2.49. The number of thioether (sulfide) groups is 1. The minimum atomic E-state index is -1.32. The Bertz CT molecular complexity index is 298. The number of aliphatic carboxylic acids is 1. The van der Waals surface area contributed by atoms with E-state index >= 15 is 0 Å². The van der Waals surface area contributed by atoms with Crippen molar-refractivity contribution >= 4 is 29.5 Å². The van der Waals surface area contributed by atoms with Crippen LogP contribution in [0.1, 0.15) is 12.8 Å². The molecular formula is C9H17N3O4S. The Kier molecular flexibility index (Phi) is 7.31. The number of nitrogens with one attached hydrogen (secondary N) is 1. The summed E-state index contributed by atoms with van der Waals surface area (Å²) in [6.07, 6.45) is 1.87. The van der Waals surface area contributed by atoms with Gasteiger partial charge in [-0.15, -0.1) is 0 Å². The van der Waals surface area contributed by atoms with E-state index in [1.807, 2.05) is 6.26 Å². The van der Waals surface area contributed by atoms with Crippen molar-refractivity contribution in [2.75, 3.05) is 12.0 Å². The molecular weight excluding hydrogens is 246 g/mol. The molecule has 0 radical (unpaired) electrons. The predicted octanol–water partition coefficient (Wildman–Crippen LogP) is -1.49. The van der Waals surface area contributed by atoms with Crippen LogP contribution in [0.25, 0.3) is 0 Å². The van der Waals surface area contributed by atoms with Gasteiger partial charge in [-0.1, -0.05) is 0 Å². The van der Waals surface area contributed by atoms with Crippen molar-refractivity contribution in [1.82, 2.24) is 5.32 Å². The summed E-state index contributed by atoms with van der Waals surface area (Å²) in [6, 6.07) is -2.10. The van der Waals surface area contributed by atoms with Gasteiger partial charge in [0.1, 0.15) is 6.04 Å². The normalized spacial score (nSPS) is 13.8. The molecule has 17 heavy (non-hydrogen) atoms. The maximum absolute atomic E-state index is 11.5. The highest BCUT2D eigenvalue weighted by molar-refractivity contribution is 7.98. The molecule has 8 heteroatoms. The van der Waals surface area contributed by atoms with Crippen molar-refractivity contribution in [3.8, 4) is 0 Å². The summed E-state index contributed by atoms with van der Waals surface area (Å²) < 4.78 is 0. The van der Waals surface area contributed by atoms with Crippen LogP contribution in [0.5, 0.6) is 0 Å². The van der Waals surface area contributed by atoms with Gasteiger partial charge in [-0.3, -0.25) is 9.59 Å². The Morgan fingerprint density at radius 3 is 2.41 bits per heavy atom. The van der Waals surface area contributed by atoms with Crippen LogP contribution in [0, 0.1) is 0 Å². The number of primary amides is 1. The minimum Gasteiger partial charge on any atom is -0.480 e. The maximum Gasteiger partial charge on any atom is 0.326 e. The number of carboxylic acids is 1. The second kappa shape index (κ2) is 7.91. The molecule has 0 aromatic rings. The van der Waals surface area contributed by atoms with E-state index in [0.717, 1.165) is 0 Å². The number of amides is 2. The quantitative estimate of drug-likeness (QED) is 0.421. The molecule has 0 unspecified atom stereocenters. The van der Waals surface area contributed by atoms with Crippen molar-refractivity contribution in [2.24, 2.45) is 11.5 Å². The Morgan fingerprint density at radius 2 is 2.00 bits per heavy atom. The Labute approximate surface area is 103 Å². The number of rotatable bonds is 8. The number of hydrogen-bond donors (Lipinski definition) is 4. The molecule has 6 N–H and O–H groups in total. The fourth-order valence-corrected chi connectivity index (χ4v) is 1.55. The summed E-state index contributed by atoms with van der Waals surface area (Å²) in [4.78, 5) is 32.8. The van der Waals surface area contributed by atoms with Crippen LogP contribution in [-0.2, 0) is 14.4 Å². The van der Waals surface area contributed by atoms with E-state index in [2.05, 4.69) is 5.32 Å². The SMILES string of the molecule is CSCC[C@H](N)C(=O)N[C@@H](CC(N)=O)C(=O)O. The van der Waals surface area contributed by atoms with E-state index in [0.29, 0.717) is 12.2 Å². The average Bonchev–Trinajstić information content (AvgIpc) is 2.23. The lowest BCUT2D eigenvalue weighted by atomic mass is 10.1. The second-order valence-corrected chi connectivity index (χ2v) is 4.44. The lowest BCUT2D eigenvalue weighted by Gasteiger charge is -2.16. The number of hydrogen-bond acceptors (Lipinski definition) is 5. The molecule has 0 fully saturated rings. The first-order valence-corrected chi connectivity index (χ1v) is 6.33. The molecule has 98 valence electrons. The van der Waals surface area contributed by atoms with Crippen molar-refractivity contribution in [3.63, 3.8) is 0 Å². The minimum absolute atomic E-state index is 0.440. The van der Waals surface area contributed by atoms with Gasteiger partial charge in [-0.2, -0.15) is 11.8 Å². The number of carbonyl (C=O) groups is 3. The van der Waals surface area contributed by atoms with Crippen LogP contribution in [0.3, 0.4) is 0 Å². The zero-order valence-corrected chi connectivity index (χ0v) is 10.3. The lowest BCUT2D eigenvalue weighted by molar-refractivity contribution is -0.143. The molecule has 0 aliphatic heterocycles. The number of nitrogens with two attached hydrogens (primary N) is 2. The molecule has 0 saturated heterocycles. The second-order valence-electron chi connectivity index (χ2n) is 3.46. The van der Waals surface area contributed by atoms with Crippen LogP contribution >= 0.6 is 11.8 Å². The molecule has 0 heterocycles. The molecule has 0 saturated carbocycles. The third kappa shape index (κ3) is 6.80. The van der Waals surface area contributed by atoms with Crippen molar-refractivity contribution in [3.05, 3.63) is 0 Å². The molecule has 0 bridgehead atoms. The topological polar surface area (TPSA) is 136 Å². The molecule has 0 aliphatic carbocycles. The van der Waals surface area contributed by atoms with Crippen LogP contribution in [0.4, 0.5) is 0 Å². The highest BCUT2D eigenvalue weighted by Crippen LogP contribution is 2.00. The van der Waals surface area contributed by atoms with Gasteiger partial charge < -0.3 is 21.9 Å². The summed E-state index contributed by atoms with van der Waals surface area (Å²) >= 11 is 1.53. The largest absolute Gasteiger partial charge is 0.480 e. The molecule has 0 aromatic heterocycles. The van der Waals surface area contributed by atoms with Gasteiger partial charge in [0.25, 0.3) is 0 Å². The summed E-state index contributed by atoms with van der Waals surface area (Å²) in [6.45, 7) is 0. The van der Waals surface area contributed by atoms with Crippen LogP contribution in [0.15, 0.2) is 0 Å². The summed E-state index contributed by atoms with van der Waals surface area (Å²) in [7, 11) is 0. The molecule has 0 rings (SSSR count). The van der Waals surface area contributed by atoms with Crippen LogP contribution in [0.2, 0.25) is 0 Å². The predicted molar refractivity (Wildman–Crippen MR) is 64.4 cm³/mol. The molecule has 2 atom stereocenters. The summed E-state index contributed by atoms with van der Waals surface area (Å²) in [5.41, 5.74) is 10.4. The highest BCUT2D eigenvalue weighted by atomic mass is 32.2. The van der Waals surface area contributed by atoms with E-state index < -0.39 is 36.3 Å². The van der Waals surface area contributed by atoms with E-state index in [4.69, 9.17) is 16.6 Å². The fourth-order valence-electron chi connectivity index (χ4n) is 1.06. The van der Waals surface area contributed by atoms with Gasteiger partial charge in [0.2, 0.25) is 11.8 Å². The van der Waals surface area contributed by atoms with Crippen LogP contribution < -0.4 is 16.8 Å². The third-order valence-corrected chi connectivity index (χ3v) is 2.63. The third-order valence-electron chi connectivity index (χ3n) is 1.99. The van der Waals surface area contributed by atoms with Gasteiger partial charge in [-0.25, -0.2) is 4.79 Å². The molecule has 2 amide bonds. The van der Waals surface area contributed by atoms with E-state index in [1.165, 1.54) is 11.8 Å². The van der Waals surface area contributed by atoms with Gasteiger partial charge >= 0.3 is 5.97 Å². The van der Waals surface area contributed by atoms with Gasteiger partial charge in [0.15, 0.2) is 0 Å². The van der Waals surface area contributed by atoms with Gasteiger partial charge in [0.05, 0.1) is 12.5 Å². The molecule has 7 nitrogen and oxygen atoms in total. The van der Waals surface area contributed by atoms with Crippen molar-refractivity contribution in [2.45, 2.75) is 24.9 Å². The summed E-state index contributed by atoms with van der Waals surface area (Å²) in [5.74, 6) is -2.00. The molecule has 0 aliphatic rings. The van der Waals surface area contributed by atoms with E-state index in [-0.39, 0.29) is 0 Å². The van der Waals surface area contributed by atoms with E-state index in [9.17, 15) is 14.4 Å². The first-order chi connectivity index (χ1) is 7.88. The highest BCUT2D eigenvalue weighted by Gasteiger charge is 2.24. The Morgan fingerprint density at radius 1 is 1.41 bits per heavy atom. The van der Waals surface area contributed by atoms with Crippen LogP contribution in [-0.4, -0.2) is 47.0 Å². The number of carbonyl (C=O) groups excluding carboxylic acids is 2.